The number of likely N-dealkylation sites (tertiary alicyclic amines) is 1. The second-order valence-electron chi connectivity index (χ2n) is 9.73. The van der Waals surface area contributed by atoms with E-state index in [1.165, 1.54) is 5.69 Å². The summed E-state index contributed by atoms with van der Waals surface area (Å²) in [6, 6.07) is 19.0. The van der Waals surface area contributed by atoms with E-state index in [-0.39, 0.29) is 17.7 Å². The van der Waals surface area contributed by atoms with Crippen molar-refractivity contribution in [3.63, 3.8) is 0 Å². The predicted octanol–water partition coefficient (Wildman–Crippen LogP) is 4.82. The van der Waals surface area contributed by atoms with Crippen LogP contribution in [0.2, 0.25) is 0 Å². The van der Waals surface area contributed by atoms with Crippen molar-refractivity contribution in [3.05, 3.63) is 66.6 Å². The number of carbonyl (C=O) groups excluding carboxylic acids is 2. The Morgan fingerprint density at radius 2 is 1.74 bits per heavy atom. The summed E-state index contributed by atoms with van der Waals surface area (Å²) in [5.74, 6) is 0.756. The summed E-state index contributed by atoms with van der Waals surface area (Å²) in [5, 5.41) is 0. The van der Waals surface area contributed by atoms with Crippen LogP contribution in [0.4, 0.5) is 5.69 Å². The third kappa shape index (κ3) is 8.01. The summed E-state index contributed by atoms with van der Waals surface area (Å²) in [6.45, 7) is 9.26. The van der Waals surface area contributed by atoms with Crippen LogP contribution in [0, 0.1) is 18.3 Å². The number of benzene rings is 2. The van der Waals surface area contributed by atoms with Gasteiger partial charge in [0.15, 0.2) is 0 Å². The van der Waals surface area contributed by atoms with Gasteiger partial charge in [0.1, 0.15) is 12.4 Å². The molecule has 0 spiro atoms. The summed E-state index contributed by atoms with van der Waals surface area (Å²) >= 11 is 0. The monoisotopic (exact) mass is 478 g/mol. The zero-order chi connectivity index (χ0) is 25.2. The van der Waals surface area contributed by atoms with E-state index < -0.39 is 0 Å². The first-order chi connectivity index (χ1) is 16.9. The van der Waals surface area contributed by atoms with Crippen LogP contribution in [0.3, 0.4) is 0 Å². The van der Waals surface area contributed by atoms with Crippen LogP contribution in [-0.2, 0) is 16.2 Å². The minimum atomic E-state index is -0.370. The van der Waals surface area contributed by atoms with Crippen LogP contribution in [0.15, 0.2) is 54.6 Å². The average molecular weight is 479 g/mol. The van der Waals surface area contributed by atoms with Gasteiger partial charge in [-0.1, -0.05) is 57.5 Å². The first-order valence-corrected chi connectivity index (χ1v) is 12.8. The highest BCUT2D eigenvalue weighted by atomic mass is 16.5. The van der Waals surface area contributed by atoms with E-state index in [1.54, 1.807) is 13.3 Å². The van der Waals surface area contributed by atoms with Crippen molar-refractivity contribution in [2.45, 2.75) is 59.1 Å². The number of amides is 2. The topological polar surface area (TPSA) is 75.9 Å². The lowest BCUT2D eigenvalue weighted by Gasteiger charge is -2.41. The second-order valence-corrected chi connectivity index (χ2v) is 9.73. The molecule has 6 nitrogen and oxygen atoms in total. The van der Waals surface area contributed by atoms with Crippen molar-refractivity contribution in [2.24, 2.45) is 17.6 Å². The standard InChI is InChI=1S/C29H40N3O3/c1-4-22(2)20-32(25-11-13-27(14-12-25)35-21-24-8-6-5-7-9-24)26-16-18-31(19-17-26)28(33)15-10-23(3)29(30)34/h5-9,11-15,22-23,26H,4,10,16-21H2,1-3H3,(H2,30,34). The molecule has 1 aliphatic rings. The van der Waals surface area contributed by atoms with Crippen molar-refractivity contribution in [3.8, 4) is 5.75 Å². The smallest absolute Gasteiger partial charge is 0.226 e. The minimum Gasteiger partial charge on any atom is -0.489 e. The Balaban J connectivity index is 1.58. The number of carbonyl (C=O) groups is 2. The molecule has 1 saturated heterocycles. The highest BCUT2D eigenvalue weighted by molar-refractivity contribution is 5.86. The van der Waals surface area contributed by atoms with E-state index in [2.05, 4.69) is 55.1 Å². The Morgan fingerprint density at radius 3 is 2.34 bits per heavy atom. The molecule has 2 atom stereocenters. The molecule has 0 bridgehead atoms. The van der Waals surface area contributed by atoms with Crippen molar-refractivity contribution in [1.29, 1.82) is 0 Å². The van der Waals surface area contributed by atoms with Gasteiger partial charge in [-0.3, -0.25) is 9.59 Å². The lowest BCUT2D eigenvalue weighted by molar-refractivity contribution is -0.129. The first kappa shape index (κ1) is 26.6. The molecule has 1 heterocycles. The molecule has 6 heteroatoms. The van der Waals surface area contributed by atoms with E-state index in [1.807, 2.05) is 23.1 Å². The SMILES string of the molecule is CCC(C)CN(c1ccc(OCc2ccccc2)cc1)C1CCN(C(=O)[CH]CC(C)C(N)=O)CC1. The summed E-state index contributed by atoms with van der Waals surface area (Å²) < 4.78 is 5.97. The van der Waals surface area contributed by atoms with Crippen LogP contribution in [0.1, 0.15) is 52.0 Å². The van der Waals surface area contributed by atoms with Gasteiger partial charge in [-0.15, -0.1) is 0 Å². The molecule has 1 aliphatic heterocycles. The lowest BCUT2D eigenvalue weighted by atomic mass is 9.98. The van der Waals surface area contributed by atoms with Gasteiger partial charge >= 0.3 is 0 Å². The third-order valence-corrected chi connectivity index (χ3v) is 6.97. The van der Waals surface area contributed by atoms with Gasteiger partial charge in [0.25, 0.3) is 0 Å². The number of ether oxygens (including phenoxy) is 1. The Labute approximate surface area is 210 Å². The Bertz CT molecular complexity index is 924. The van der Waals surface area contributed by atoms with Gasteiger partial charge in [0.05, 0.1) is 6.42 Å². The number of anilines is 1. The van der Waals surface area contributed by atoms with Crippen molar-refractivity contribution >= 4 is 17.5 Å². The van der Waals surface area contributed by atoms with Crippen molar-refractivity contribution in [2.75, 3.05) is 24.5 Å². The van der Waals surface area contributed by atoms with Crippen molar-refractivity contribution in [1.82, 2.24) is 4.90 Å². The third-order valence-electron chi connectivity index (χ3n) is 6.97. The maximum absolute atomic E-state index is 12.6. The summed E-state index contributed by atoms with van der Waals surface area (Å²) in [4.78, 5) is 28.2. The van der Waals surface area contributed by atoms with E-state index in [0.29, 0.717) is 25.0 Å². The van der Waals surface area contributed by atoms with Gasteiger partial charge in [0, 0.05) is 37.3 Å². The van der Waals surface area contributed by atoms with Gasteiger partial charge in [-0.05, 0) is 55.0 Å². The summed E-state index contributed by atoms with van der Waals surface area (Å²) in [7, 11) is 0. The minimum absolute atomic E-state index is 0.00458. The highest BCUT2D eigenvalue weighted by Crippen LogP contribution is 2.28. The molecule has 0 saturated carbocycles. The van der Waals surface area contributed by atoms with Crippen LogP contribution in [-0.4, -0.2) is 42.4 Å². The fourth-order valence-corrected chi connectivity index (χ4v) is 4.33. The van der Waals surface area contributed by atoms with Crippen molar-refractivity contribution < 1.29 is 14.3 Å². The Morgan fingerprint density at radius 1 is 1.09 bits per heavy atom. The molecule has 2 aromatic rings. The highest BCUT2D eigenvalue weighted by Gasteiger charge is 2.28. The van der Waals surface area contributed by atoms with Gasteiger partial charge in [-0.25, -0.2) is 0 Å². The fraction of sp³-hybridized carbons (Fsp3) is 0.483. The molecule has 189 valence electrons. The number of hydrogen-bond donors (Lipinski definition) is 1. The molecule has 0 aliphatic carbocycles. The normalized spacial score (nSPS) is 15.9. The molecule has 2 amide bonds. The zero-order valence-corrected chi connectivity index (χ0v) is 21.4. The molecule has 2 unspecified atom stereocenters. The lowest BCUT2D eigenvalue weighted by Crippen LogP contribution is -2.48. The second kappa shape index (κ2) is 13.2. The number of hydrogen-bond acceptors (Lipinski definition) is 4. The Hall–Kier alpha value is -3.02. The van der Waals surface area contributed by atoms with E-state index in [0.717, 1.165) is 50.2 Å². The van der Waals surface area contributed by atoms with E-state index >= 15 is 0 Å². The molecule has 1 radical (unpaired) electrons. The molecule has 0 aromatic heterocycles. The number of nitrogens with two attached hydrogens (primary N) is 1. The summed E-state index contributed by atoms with van der Waals surface area (Å²) in [5.41, 5.74) is 7.66. The van der Waals surface area contributed by atoms with Gasteiger partial charge < -0.3 is 20.3 Å². The zero-order valence-electron chi connectivity index (χ0n) is 21.4. The predicted molar refractivity (Wildman–Crippen MR) is 141 cm³/mol. The maximum atomic E-state index is 12.6. The van der Waals surface area contributed by atoms with Crippen LogP contribution < -0.4 is 15.4 Å². The summed E-state index contributed by atoms with van der Waals surface area (Å²) in [6.07, 6.45) is 4.98. The number of piperidine rings is 1. The number of rotatable bonds is 12. The molecular formula is C29H40N3O3. The molecular weight excluding hydrogens is 438 g/mol. The van der Waals surface area contributed by atoms with E-state index in [4.69, 9.17) is 10.5 Å². The van der Waals surface area contributed by atoms with E-state index in [9.17, 15) is 9.59 Å². The fourth-order valence-electron chi connectivity index (χ4n) is 4.33. The molecule has 1 fully saturated rings. The molecule has 35 heavy (non-hydrogen) atoms. The number of primary amides is 1. The maximum Gasteiger partial charge on any atom is 0.226 e. The van der Waals surface area contributed by atoms with Crippen LogP contribution in [0.5, 0.6) is 5.75 Å². The first-order valence-electron chi connectivity index (χ1n) is 12.8. The van der Waals surface area contributed by atoms with Crippen LogP contribution in [0.25, 0.3) is 0 Å². The van der Waals surface area contributed by atoms with Gasteiger partial charge in [0.2, 0.25) is 11.8 Å². The molecule has 2 aromatic carbocycles. The molecule has 2 N–H and O–H groups in total. The Kier molecular flexibility index (Phi) is 10.0. The quantitative estimate of drug-likeness (QED) is 0.474. The molecule has 3 rings (SSSR count). The van der Waals surface area contributed by atoms with Crippen LogP contribution >= 0.6 is 0 Å². The van der Waals surface area contributed by atoms with Gasteiger partial charge in [-0.2, -0.15) is 0 Å². The average Bonchev–Trinajstić information content (AvgIpc) is 2.89. The number of nitrogens with zero attached hydrogens (tertiary/aromatic N) is 2. The largest absolute Gasteiger partial charge is 0.489 e.